The fourth-order valence-corrected chi connectivity index (χ4v) is 2.98. The minimum Gasteiger partial charge on any atom is -0.410 e. The summed E-state index contributed by atoms with van der Waals surface area (Å²) in [5.74, 6) is 1.30. The molecule has 1 saturated heterocycles. The van der Waals surface area contributed by atoms with Crippen LogP contribution in [0.5, 0.6) is 5.75 Å². The molecule has 7 nitrogen and oxygen atoms in total. The number of amides is 2. The first-order valence-corrected chi connectivity index (χ1v) is 9.23. The van der Waals surface area contributed by atoms with Gasteiger partial charge in [0, 0.05) is 38.4 Å². The van der Waals surface area contributed by atoms with Crippen LogP contribution < -0.4 is 15.0 Å². The number of nitrogens with one attached hydrogen (secondary N) is 1. The van der Waals surface area contributed by atoms with Gasteiger partial charge in [-0.1, -0.05) is 18.2 Å². The molecule has 4 rings (SSSR count). The summed E-state index contributed by atoms with van der Waals surface area (Å²) < 4.78 is 5.38. The van der Waals surface area contributed by atoms with Gasteiger partial charge in [-0.2, -0.15) is 0 Å². The van der Waals surface area contributed by atoms with Crippen molar-refractivity contribution in [1.29, 1.82) is 0 Å². The van der Waals surface area contributed by atoms with E-state index < -0.39 is 0 Å². The smallest absolute Gasteiger partial charge is 0.410 e. The van der Waals surface area contributed by atoms with Crippen molar-refractivity contribution in [2.45, 2.75) is 18.9 Å². The Hall–Kier alpha value is -3.09. The Kier molecular flexibility index (Phi) is 4.91. The maximum absolute atomic E-state index is 12.2. The molecule has 1 aliphatic carbocycles. The molecule has 0 unspecified atom stereocenters. The molecule has 0 atom stereocenters. The highest BCUT2D eigenvalue weighted by molar-refractivity contribution is 5.94. The van der Waals surface area contributed by atoms with E-state index in [1.54, 1.807) is 29.3 Å². The van der Waals surface area contributed by atoms with E-state index in [0.717, 1.165) is 18.7 Å². The van der Waals surface area contributed by atoms with Crippen LogP contribution in [0.25, 0.3) is 0 Å². The highest BCUT2D eigenvalue weighted by Crippen LogP contribution is 2.20. The van der Waals surface area contributed by atoms with E-state index >= 15 is 0 Å². The average molecular weight is 366 g/mol. The van der Waals surface area contributed by atoms with Crippen molar-refractivity contribution in [2.75, 3.05) is 31.1 Å². The Morgan fingerprint density at radius 3 is 2.37 bits per heavy atom. The third kappa shape index (κ3) is 4.36. The normalized spacial score (nSPS) is 16.7. The van der Waals surface area contributed by atoms with Crippen LogP contribution in [0.15, 0.2) is 48.7 Å². The van der Waals surface area contributed by atoms with Gasteiger partial charge in [0.15, 0.2) is 0 Å². The highest BCUT2D eigenvalue weighted by atomic mass is 16.6. The van der Waals surface area contributed by atoms with Crippen molar-refractivity contribution >= 4 is 17.8 Å². The molecule has 1 aliphatic heterocycles. The summed E-state index contributed by atoms with van der Waals surface area (Å²) >= 11 is 0. The standard InChI is InChI=1S/C20H22N4O3/c25-19(22-16-7-8-16)15-6-9-18(21-14-15)23-10-12-24(13-11-23)20(26)27-17-4-2-1-3-5-17/h1-6,9,14,16H,7-8,10-13H2,(H,22,25). The summed E-state index contributed by atoms with van der Waals surface area (Å²) in [7, 11) is 0. The third-order valence-corrected chi connectivity index (χ3v) is 4.73. The monoisotopic (exact) mass is 366 g/mol. The van der Waals surface area contributed by atoms with E-state index in [0.29, 0.717) is 43.5 Å². The maximum atomic E-state index is 12.2. The van der Waals surface area contributed by atoms with Crippen LogP contribution in [0.4, 0.5) is 10.6 Å². The quantitative estimate of drug-likeness (QED) is 0.899. The van der Waals surface area contributed by atoms with Gasteiger partial charge in [-0.05, 0) is 37.1 Å². The number of pyridine rings is 1. The lowest BCUT2D eigenvalue weighted by Gasteiger charge is -2.34. The summed E-state index contributed by atoms with van der Waals surface area (Å²) in [6.45, 7) is 2.48. The van der Waals surface area contributed by atoms with Crippen LogP contribution in [-0.2, 0) is 0 Å². The molecule has 1 aromatic heterocycles. The topological polar surface area (TPSA) is 74.8 Å². The molecule has 2 aliphatic rings. The van der Waals surface area contributed by atoms with Crippen LogP contribution in [0.2, 0.25) is 0 Å². The lowest BCUT2D eigenvalue weighted by atomic mass is 10.2. The van der Waals surface area contributed by atoms with Gasteiger partial charge in [0.2, 0.25) is 0 Å². The lowest BCUT2D eigenvalue weighted by molar-refractivity contribution is 0.0950. The molecular formula is C20H22N4O3. The average Bonchev–Trinajstić information content (AvgIpc) is 3.53. The molecule has 0 radical (unpaired) electrons. The van der Waals surface area contributed by atoms with Crippen LogP contribution in [0.1, 0.15) is 23.2 Å². The largest absolute Gasteiger partial charge is 0.415 e. The first-order chi connectivity index (χ1) is 13.2. The Balaban J connectivity index is 1.29. The van der Waals surface area contributed by atoms with Crippen LogP contribution >= 0.6 is 0 Å². The summed E-state index contributed by atoms with van der Waals surface area (Å²) in [4.78, 5) is 32.5. The predicted octanol–water partition coefficient (Wildman–Crippen LogP) is 2.29. The molecule has 2 fully saturated rings. The van der Waals surface area contributed by atoms with Gasteiger partial charge in [0.05, 0.1) is 5.56 Å². The van der Waals surface area contributed by atoms with Gasteiger partial charge in [0.1, 0.15) is 11.6 Å². The molecule has 2 amide bonds. The van der Waals surface area contributed by atoms with Crippen molar-refractivity contribution in [1.82, 2.24) is 15.2 Å². The molecule has 7 heteroatoms. The number of rotatable bonds is 4. The number of para-hydroxylation sites is 1. The maximum Gasteiger partial charge on any atom is 0.415 e. The second-order valence-electron chi connectivity index (χ2n) is 6.81. The van der Waals surface area contributed by atoms with E-state index in [1.807, 2.05) is 24.3 Å². The first-order valence-electron chi connectivity index (χ1n) is 9.23. The zero-order valence-electron chi connectivity index (χ0n) is 15.0. The summed E-state index contributed by atoms with van der Waals surface area (Å²) in [5.41, 5.74) is 0.579. The minimum absolute atomic E-state index is 0.0648. The van der Waals surface area contributed by atoms with Crippen LogP contribution in [0, 0.1) is 0 Å². The third-order valence-electron chi connectivity index (χ3n) is 4.73. The number of carbonyl (C=O) groups excluding carboxylic acids is 2. The number of nitrogens with zero attached hydrogens (tertiary/aromatic N) is 3. The Morgan fingerprint density at radius 2 is 1.74 bits per heavy atom. The molecule has 1 N–H and O–H groups in total. The van der Waals surface area contributed by atoms with Gasteiger partial charge < -0.3 is 19.9 Å². The number of carbonyl (C=O) groups is 2. The first kappa shape index (κ1) is 17.3. The molecule has 2 heterocycles. The van der Waals surface area contributed by atoms with Crippen molar-refractivity contribution in [3.63, 3.8) is 0 Å². The second-order valence-corrected chi connectivity index (χ2v) is 6.81. The van der Waals surface area contributed by atoms with E-state index in [9.17, 15) is 9.59 Å². The van der Waals surface area contributed by atoms with E-state index in [2.05, 4.69) is 15.2 Å². The summed E-state index contributed by atoms with van der Waals surface area (Å²) in [6.07, 6.45) is 3.41. The molecule has 140 valence electrons. The predicted molar refractivity (Wildman–Crippen MR) is 101 cm³/mol. The zero-order valence-corrected chi connectivity index (χ0v) is 15.0. The SMILES string of the molecule is O=C(NC1CC1)c1ccc(N2CCN(C(=O)Oc3ccccc3)CC2)nc1. The summed E-state index contributed by atoms with van der Waals surface area (Å²) in [6, 6.07) is 13.1. The van der Waals surface area contributed by atoms with Gasteiger partial charge >= 0.3 is 6.09 Å². The Morgan fingerprint density at radius 1 is 1.00 bits per heavy atom. The van der Waals surface area contributed by atoms with Gasteiger partial charge in [-0.3, -0.25) is 4.79 Å². The molecule has 1 saturated carbocycles. The number of benzene rings is 1. The van der Waals surface area contributed by atoms with E-state index in [-0.39, 0.29) is 12.0 Å². The van der Waals surface area contributed by atoms with Crippen molar-refractivity contribution in [3.8, 4) is 5.75 Å². The second kappa shape index (κ2) is 7.65. The van der Waals surface area contributed by atoms with Gasteiger partial charge in [0.25, 0.3) is 5.91 Å². The summed E-state index contributed by atoms with van der Waals surface area (Å²) in [5, 5.41) is 2.96. The van der Waals surface area contributed by atoms with Crippen LogP contribution in [-0.4, -0.2) is 54.1 Å². The van der Waals surface area contributed by atoms with Crippen molar-refractivity contribution in [3.05, 3.63) is 54.2 Å². The van der Waals surface area contributed by atoms with E-state index in [1.165, 1.54) is 0 Å². The number of hydrogen-bond donors (Lipinski definition) is 1. The molecule has 0 spiro atoms. The van der Waals surface area contributed by atoms with Crippen molar-refractivity contribution < 1.29 is 14.3 Å². The number of anilines is 1. The molecule has 2 aromatic rings. The number of aromatic nitrogens is 1. The van der Waals surface area contributed by atoms with Gasteiger partial charge in [-0.25, -0.2) is 9.78 Å². The number of piperazine rings is 1. The molecule has 27 heavy (non-hydrogen) atoms. The fraction of sp³-hybridized carbons (Fsp3) is 0.350. The fourth-order valence-electron chi connectivity index (χ4n) is 2.98. The Labute approximate surface area is 157 Å². The highest BCUT2D eigenvalue weighted by Gasteiger charge is 2.25. The van der Waals surface area contributed by atoms with E-state index in [4.69, 9.17) is 4.74 Å². The van der Waals surface area contributed by atoms with Crippen LogP contribution in [0.3, 0.4) is 0 Å². The molecule has 1 aromatic carbocycles. The number of hydrogen-bond acceptors (Lipinski definition) is 5. The number of ether oxygens (including phenoxy) is 1. The minimum atomic E-state index is -0.332. The van der Waals surface area contributed by atoms with Gasteiger partial charge in [-0.15, -0.1) is 0 Å². The molecular weight excluding hydrogens is 344 g/mol. The van der Waals surface area contributed by atoms with Crippen molar-refractivity contribution in [2.24, 2.45) is 0 Å². The Bertz CT molecular complexity index is 798. The zero-order chi connectivity index (χ0) is 18.6. The molecule has 0 bridgehead atoms. The lowest BCUT2D eigenvalue weighted by Crippen LogP contribution is -2.49.